The zero-order valence-corrected chi connectivity index (χ0v) is 19.2. The Morgan fingerprint density at radius 1 is 1.13 bits per heavy atom. The van der Waals surface area contributed by atoms with Crippen molar-refractivity contribution in [2.75, 3.05) is 31.9 Å². The summed E-state index contributed by atoms with van der Waals surface area (Å²) in [7, 11) is -1.91. The number of anilines is 1. The van der Waals surface area contributed by atoms with E-state index in [1.807, 2.05) is 13.8 Å². The highest BCUT2D eigenvalue weighted by Gasteiger charge is 2.18. The highest BCUT2D eigenvalue weighted by atomic mass is 35.5. The molecule has 0 aliphatic carbocycles. The van der Waals surface area contributed by atoms with E-state index < -0.39 is 28.3 Å². The molecule has 0 saturated heterocycles. The largest absolute Gasteiger partial charge is 0.493 e. The van der Waals surface area contributed by atoms with Crippen LogP contribution in [0.2, 0.25) is 5.02 Å². The van der Waals surface area contributed by atoms with Crippen molar-refractivity contribution < 1.29 is 32.2 Å². The normalized spacial score (nSPS) is 11.2. The van der Waals surface area contributed by atoms with E-state index in [4.69, 9.17) is 25.8 Å². The molecule has 0 fully saturated rings. The third kappa shape index (κ3) is 7.15. The van der Waals surface area contributed by atoms with Crippen molar-refractivity contribution in [2.24, 2.45) is 5.92 Å². The molecule has 0 aliphatic heterocycles. The average molecular weight is 470 g/mol. The van der Waals surface area contributed by atoms with Crippen LogP contribution in [0.5, 0.6) is 11.5 Å². The number of esters is 1. The second-order valence-corrected chi connectivity index (χ2v) is 9.54. The second-order valence-electron chi connectivity index (χ2n) is 7.12. The summed E-state index contributed by atoms with van der Waals surface area (Å²) >= 11 is 6.22. The molecule has 0 atom stereocenters. The highest BCUT2D eigenvalue weighted by Crippen LogP contribution is 2.37. The van der Waals surface area contributed by atoms with Crippen molar-refractivity contribution in [1.29, 1.82) is 0 Å². The van der Waals surface area contributed by atoms with Gasteiger partial charge in [-0.1, -0.05) is 25.4 Å². The number of carbonyl (C=O) groups excluding carboxylic acids is 2. The predicted molar refractivity (Wildman–Crippen MR) is 117 cm³/mol. The van der Waals surface area contributed by atoms with Crippen LogP contribution in [0.3, 0.4) is 0 Å². The molecular formula is C21H24ClNO7S. The van der Waals surface area contributed by atoms with Gasteiger partial charge >= 0.3 is 5.97 Å². The van der Waals surface area contributed by atoms with E-state index in [9.17, 15) is 18.0 Å². The van der Waals surface area contributed by atoms with Gasteiger partial charge in [-0.15, -0.1) is 0 Å². The first-order chi connectivity index (χ1) is 14.5. The van der Waals surface area contributed by atoms with E-state index in [0.717, 1.165) is 6.26 Å². The number of halogens is 1. The van der Waals surface area contributed by atoms with Crippen LogP contribution in [0, 0.1) is 5.92 Å². The van der Waals surface area contributed by atoms with E-state index in [1.165, 1.54) is 43.5 Å². The predicted octanol–water partition coefficient (Wildman–Crippen LogP) is 3.58. The van der Waals surface area contributed by atoms with E-state index >= 15 is 0 Å². The lowest BCUT2D eigenvalue weighted by Gasteiger charge is -2.15. The lowest BCUT2D eigenvalue weighted by molar-refractivity contribution is -0.119. The van der Waals surface area contributed by atoms with Crippen LogP contribution < -0.4 is 14.8 Å². The van der Waals surface area contributed by atoms with Crippen molar-refractivity contribution in [3.63, 3.8) is 0 Å². The van der Waals surface area contributed by atoms with Crippen LogP contribution in [0.15, 0.2) is 41.3 Å². The number of hydrogen-bond donors (Lipinski definition) is 1. The molecule has 0 radical (unpaired) electrons. The maximum atomic E-state index is 12.3. The summed E-state index contributed by atoms with van der Waals surface area (Å²) in [5.41, 5.74) is 0.467. The molecule has 0 heterocycles. The third-order valence-corrected chi connectivity index (χ3v) is 5.34. The van der Waals surface area contributed by atoms with Gasteiger partial charge in [-0.25, -0.2) is 13.2 Å². The van der Waals surface area contributed by atoms with Crippen molar-refractivity contribution in [3.05, 3.63) is 47.0 Å². The van der Waals surface area contributed by atoms with Crippen molar-refractivity contribution in [1.82, 2.24) is 0 Å². The maximum Gasteiger partial charge on any atom is 0.338 e. The van der Waals surface area contributed by atoms with Crippen LogP contribution in [0.1, 0.15) is 24.2 Å². The Morgan fingerprint density at radius 2 is 1.77 bits per heavy atom. The molecule has 168 valence electrons. The lowest BCUT2D eigenvalue weighted by atomic mass is 10.2. The fourth-order valence-corrected chi connectivity index (χ4v) is 3.32. The molecule has 0 aliphatic rings. The molecule has 2 rings (SSSR count). The fraction of sp³-hybridized carbons (Fsp3) is 0.333. The summed E-state index contributed by atoms with van der Waals surface area (Å²) in [5, 5.41) is 2.70. The Bertz CT molecular complexity index is 1050. The van der Waals surface area contributed by atoms with Gasteiger partial charge in [-0.05, 0) is 42.3 Å². The number of hydrogen-bond acceptors (Lipinski definition) is 7. The first-order valence-corrected chi connectivity index (χ1v) is 11.6. The number of ether oxygens (including phenoxy) is 3. The molecule has 0 spiro atoms. The summed E-state index contributed by atoms with van der Waals surface area (Å²) in [6.07, 6.45) is 1.09. The van der Waals surface area contributed by atoms with E-state index in [2.05, 4.69) is 5.32 Å². The molecule has 0 bridgehead atoms. The van der Waals surface area contributed by atoms with Gasteiger partial charge in [0.15, 0.2) is 27.9 Å². The van der Waals surface area contributed by atoms with Gasteiger partial charge < -0.3 is 19.5 Å². The zero-order chi connectivity index (χ0) is 23.2. The van der Waals surface area contributed by atoms with E-state index in [0.29, 0.717) is 18.0 Å². The van der Waals surface area contributed by atoms with Crippen LogP contribution in [0.25, 0.3) is 0 Å². The Kier molecular flexibility index (Phi) is 8.29. The first kappa shape index (κ1) is 24.5. The summed E-state index contributed by atoms with van der Waals surface area (Å²) in [5.74, 6) is -0.486. The van der Waals surface area contributed by atoms with Gasteiger partial charge in [0.25, 0.3) is 5.91 Å². The minimum atomic E-state index is -3.33. The standard InChI is InChI=1S/C21H24ClNO7S/c1-13(2)11-29-20-17(22)9-14(10-18(20)28-3)21(25)30-12-19(24)23-15-5-7-16(8-6-15)31(4,26)27/h5-10,13H,11-12H2,1-4H3,(H,23,24). The summed E-state index contributed by atoms with van der Waals surface area (Å²) in [6, 6.07) is 8.42. The van der Waals surface area contributed by atoms with Gasteiger partial charge in [0.2, 0.25) is 0 Å². The molecule has 2 aromatic carbocycles. The number of benzene rings is 2. The smallest absolute Gasteiger partial charge is 0.338 e. The molecule has 31 heavy (non-hydrogen) atoms. The Labute approximate surface area is 186 Å². The molecular weight excluding hydrogens is 446 g/mol. The Balaban J connectivity index is 2.00. The topological polar surface area (TPSA) is 108 Å². The molecule has 0 unspecified atom stereocenters. The van der Waals surface area contributed by atoms with Crippen LogP contribution in [-0.4, -0.2) is 46.9 Å². The SMILES string of the molecule is COc1cc(C(=O)OCC(=O)Nc2ccc(S(C)(=O)=O)cc2)cc(Cl)c1OCC(C)C. The van der Waals surface area contributed by atoms with Crippen LogP contribution >= 0.6 is 11.6 Å². The Morgan fingerprint density at radius 3 is 2.32 bits per heavy atom. The second kappa shape index (κ2) is 10.5. The molecule has 0 aromatic heterocycles. The number of rotatable bonds is 9. The van der Waals surface area contributed by atoms with Crippen molar-refractivity contribution in [2.45, 2.75) is 18.7 Å². The van der Waals surface area contributed by atoms with Gasteiger partial charge in [0.1, 0.15) is 0 Å². The van der Waals surface area contributed by atoms with Gasteiger partial charge in [-0.2, -0.15) is 0 Å². The van der Waals surface area contributed by atoms with Crippen LogP contribution in [-0.2, 0) is 19.4 Å². The first-order valence-electron chi connectivity index (χ1n) is 9.28. The quantitative estimate of drug-likeness (QED) is 0.559. The minimum absolute atomic E-state index is 0.101. The zero-order valence-electron chi connectivity index (χ0n) is 17.6. The van der Waals surface area contributed by atoms with E-state index in [-0.39, 0.29) is 27.1 Å². The molecule has 0 saturated carbocycles. The number of methoxy groups -OCH3 is 1. The number of sulfone groups is 1. The van der Waals surface area contributed by atoms with Crippen molar-refractivity contribution >= 4 is 39.0 Å². The number of amides is 1. The maximum absolute atomic E-state index is 12.3. The molecule has 2 aromatic rings. The molecule has 1 amide bonds. The van der Waals surface area contributed by atoms with Gasteiger partial charge in [-0.3, -0.25) is 4.79 Å². The monoisotopic (exact) mass is 469 g/mol. The molecule has 10 heteroatoms. The fourth-order valence-electron chi connectivity index (χ4n) is 2.42. The third-order valence-electron chi connectivity index (χ3n) is 3.93. The van der Waals surface area contributed by atoms with Gasteiger partial charge in [0.05, 0.1) is 29.2 Å². The number of carbonyl (C=O) groups is 2. The van der Waals surface area contributed by atoms with Crippen LogP contribution in [0.4, 0.5) is 5.69 Å². The summed E-state index contributed by atoms with van der Waals surface area (Å²) < 4.78 is 38.8. The minimum Gasteiger partial charge on any atom is -0.493 e. The van der Waals surface area contributed by atoms with E-state index in [1.54, 1.807) is 0 Å². The highest BCUT2D eigenvalue weighted by molar-refractivity contribution is 7.90. The lowest BCUT2D eigenvalue weighted by Crippen LogP contribution is -2.21. The molecule has 8 nitrogen and oxygen atoms in total. The summed E-state index contributed by atoms with van der Waals surface area (Å²) in [4.78, 5) is 24.5. The molecule has 1 N–H and O–H groups in total. The van der Waals surface area contributed by atoms with Gasteiger partial charge in [0, 0.05) is 11.9 Å². The summed E-state index contributed by atoms with van der Waals surface area (Å²) in [6.45, 7) is 3.85. The Hall–Kier alpha value is -2.78. The average Bonchev–Trinajstić information content (AvgIpc) is 2.70. The van der Waals surface area contributed by atoms with Crippen molar-refractivity contribution in [3.8, 4) is 11.5 Å². The number of nitrogens with one attached hydrogen (secondary N) is 1.